The molecule has 84 valence electrons. The van der Waals surface area contributed by atoms with Crippen LogP contribution in [0.4, 0.5) is 0 Å². The van der Waals surface area contributed by atoms with Gasteiger partial charge in [-0.05, 0) is 23.2 Å². The first-order valence-electron chi connectivity index (χ1n) is 5.21. The summed E-state index contributed by atoms with van der Waals surface area (Å²) in [5.74, 6) is -0.0736. The van der Waals surface area contributed by atoms with E-state index in [1.54, 1.807) is 0 Å². The van der Waals surface area contributed by atoms with E-state index in [2.05, 4.69) is 0 Å². The molecule has 0 heterocycles. The van der Waals surface area contributed by atoms with E-state index in [4.69, 9.17) is 0 Å². The molecule has 1 aliphatic carbocycles. The quantitative estimate of drug-likeness (QED) is 0.588. The topological polar surface area (TPSA) is 60.7 Å². The van der Waals surface area contributed by atoms with E-state index < -0.39 is 12.2 Å². The lowest BCUT2D eigenvalue weighted by molar-refractivity contribution is -0.163. The van der Waals surface area contributed by atoms with Crippen molar-refractivity contribution < 1.29 is 15.3 Å². The van der Waals surface area contributed by atoms with Gasteiger partial charge in [0.25, 0.3) is 0 Å². The fourth-order valence-electron chi connectivity index (χ4n) is 2.65. The molecule has 0 saturated heterocycles. The molecular formula is C11H22O3. The minimum Gasteiger partial charge on any atom is -0.396 e. The molecule has 14 heavy (non-hydrogen) atoms. The predicted octanol–water partition coefficient (Wildman–Crippen LogP) is 0.773. The Hall–Kier alpha value is -0.120. The Balaban J connectivity index is 2.96. The van der Waals surface area contributed by atoms with Crippen LogP contribution in [-0.2, 0) is 0 Å². The van der Waals surface area contributed by atoms with Crippen LogP contribution in [0.25, 0.3) is 0 Å². The van der Waals surface area contributed by atoms with E-state index in [0.717, 1.165) is 6.42 Å². The van der Waals surface area contributed by atoms with Crippen LogP contribution in [0.2, 0.25) is 0 Å². The van der Waals surface area contributed by atoms with Crippen LogP contribution < -0.4 is 0 Å². The van der Waals surface area contributed by atoms with Crippen molar-refractivity contribution >= 4 is 0 Å². The van der Waals surface area contributed by atoms with Gasteiger partial charge in [0.1, 0.15) is 0 Å². The highest BCUT2D eigenvalue weighted by molar-refractivity contribution is 5.00. The molecule has 0 amide bonds. The zero-order valence-corrected chi connectivity index (χ0v) is 9.49. The van der Waals surface area contributed by atoms with Crippen LogP contribution in [-0.4, -0.2) is 34.1 Å². The summed E-state index contributed by atoms with van der Waals surface area (Å²) in [6, 6.07) is 0. The molecule has 0 bridgehead atoms. The van der Waals surface area contributed by atoms with E-state index in [0.29, 0.717) is 0 Å². The molecule has 0 aliphatic heterocycles. The summed E-state index contributed by atoms with van der Waals surface area (Å²) < 4.78 is 0. The molecule has 4 unspecified atom stereocenters. The Morgan fingerprint density at radius 3 is 2.14 bits per heavy atom. The van der Waals surface area contributed by atoms with Gasteiger partial charge < -0.3 is 15.3 Å². The van der Waals surface area contributed by atoms with Crippen LogP contribution in [0.5, 0.6) is 0 Å². The molecule has 3 N–H and O–H groups in total. The van der Waals surface area contributed by atoms with Crippen molar-refractivity contribution in [3.05, 3.63) is 0 Å². The number of aliphatic hydroxyl groups excluding tert-OH is 3. The molecule has 4 atom stereocenters. The zero-order chi connectivity index (χ0) is 11.1. The summed E-state index contributed by atoms with van der Waals surface area (Å²) in [5.41, 5.74) is -0.619. The average molecular weight is 202 g/mol. The Labute approximate surface area is 85.8 Å². The Morgan fingerprint density at radius 2 is 1.71 bits per heavy atom. The normalized spacial score (nSPS) is 47.8. The molecule has 0 spiro atoms. The maximum atomic E-state index is 9.89. The first kappa shape index (κ1) is 12.0. The fraction of sp³-hybridized carbons (Fsp3) is 1.00. The van der Waals surface area contributed by atoms with Gasteiger partial charge in [-0.1, -0.05) is 27.7 Å². The van der Waals surface area contributed by atoms with Gasteiger partial charge in [-0.25, -0.2) is 0 Å². The zero-order valence-electron chi connectivity index (χ0n) is 9.49. The monoisotopic (exact) mass is 202 g/mol. The molecule has 1 saturated carbocycles. The highest BCUT2D eigenvalue weighted by Gasteiger charge is 2.51. The third kappa shape index (κ3) is 1.69. The molecule has 3 nitrogen and oxygen atoms in total. The molecule has 0 aromatic carbocycles. The minimum absolute atomic E-state index is 0.0569. The summed E-state index contributed by atoms with van der Waals surface area (Å²) >= 11 is 0. The Bertz CT molecular complexity index is 215. The molecule has 0 radical (unpaired) electrons. The third-order valence-corrected chi connectivity index (χ3v) is 3.96. The van der Waals surface area contributed by atoms with Crippen LogP contribution in [0.3, 0.4) is 0 Å². The minimum atomic E-state index is -0.740. The summed E-state index contributed by atoms with van der Waals surface area (Å²) in [7, 11) is 0. The molecule has 0 aromatic rings. The van der Waals surface area contributed by atoms with Crippen molar-refractivity contribution in [3.8, 4) is 0 Å². The van der Waals surface area contributed by atoms with Gasteiger partial charge in [0.05, 0.1) is 12.2 Å². The summed E-state index contributed by atoms with van der Waals surface area (Å²) in [5, 5.41) is 29.1. The van der Waals surface area contributed by atoms with Crippen molar-refractivity contribution in [1.82, 2.24) is 0 Å². The molecule has 1 aliphatic rings. The SMILES string of the molecule is CC1C(O)C(O)C(C)(C)CC1(C)CO. The number of hydrogen-bond donors (Lipinski definition) is 3. The van der Waals surface area contributed by atoms with Gasteiger partial charge in [0.15, 0.2) is 0 Å². The maximum absolute atomic E-state index is 9.89. The fourth-order valence-corrected chi connectivity index (χ4v) is 2.65. The standard InChI is InChI=1S/C11H22O3/c1-7-8(13)9(14)10(2,3)5-11(7,4)6-12/h7-9,12-14H,5-6H2,1-4H3. The van der Waals surface area contributed by atoms with Crippen molar-refractivity contribution in [2.45, 2.75) is 46.3 Å². The van der Waals surface area contributed by atoms with Gasteiger partial charge in [0.2, 0.25) is 0 Å². The van der Waals surface area contributed by atoms with Gasteiger partial charge in [0, 0.05) is 6.61 Å². The van der Waals surface area contributed by atoms with E-state index in [1.165, 1.54) is 0 Å². The highest BCUT2D eigenvalue weighted by Crippen LogP contribution is 2.49. The van der Waals surface area contributed by atoms with Crippen LogP contribution in [0.15, 0.2) is 0 Å². The lowest BCUT2D eigenvalue weighted by atomic mass is 9.57. The van der Waals surface area contributed by atoms with Crippen LogP contribution >= 0.6 is 0 Å². The second-order valence-electron chi connectivity index (χ2n) is 5.70. The van der Waals surface area contributed by atoms with Crippen molar-refractivity contribution in [1.29, 1.82) is 0 Å². The summed E-state index contributed by atoms with van der Waals surface area (Å²) in [4.78, 5) is 0. The van der Waals surface area contributed by atoms with Gasteiger partial charge >= 0.3 is 0 Å². The van der Waals surface area contributed by atoms with Gasteiger partial charge in [-0.15, -0.1) is 0 Å². The second-order valence-corrected chi connectivity index (χ2v) is 5.70. The van der Waals surface area contributed by atoms with E-state index in [1.807, 2.05) is 27.7 Å². The van der Waals surface area contributed by atoms with Crippen molar-refractivity contribution in [2.24, 2.45) is 16.7 Å². The van der Waals surface area contributed by atoms with Gasteiger partial charge in [-0.2, -0.15) is 0 Å². The Kier molecular flexibility index (Phi) is 2.96. The van der Waals surface area contributed by atoms with Crippen molar-refractivity contribution in [2.75, 3.05) is 6.61 Å². The average Bonchev–Trinajstić information content (AvgIpc) is 2.11. The molecule has 0 aromatic heterocycles. The number of rotatable bonds is 1. The first-order chi connectivity index (χ1) is 6.24. The summed E-state index contributed by atoms with van der Waals surface area (Å²) in [6.07, 6.45) is -0.705. The first-order valence-corrected chi connectivity index (χ1v) is 5.21. The third-order valence-electron chi connectivity index (χ3n) is 3.96. The van der Waals surface area contributed by atoms with Crippen LogP contribution in [0.1, 0.15) is 34.1 Å². The second kappa shape index (κ2) is 3.47. The van der Waals surface area contributed by atoms with Crippen LogP contribution in [0, 0.1) is 16.7 Å². The molecule has 1 fully saturated rings. The molecular weight excluding hydrogens is 180 g/mol. The maximum Gasteiger partial charge on any atom is 0.0852 e. The molecule has 1 rings (SSSR count). The predicted molar refractivity (Wildman–Crippen MR) is 54.8 cm³/mol. The number of hydrogen-bond acceptors (Lipinski definition) is 3. The van der Waals surface area contributed by atoms with E-state index in [-0.39, 0.29) is 23.4 Å². The highest BCUT2D eigenvalue weighted by atomic mass is 16.3. The van der Waals surface area contributed by atoms with E-state index >= 15 is 0 Å². The number of aliphatic hydroxyl groups is 3. The lowest BCUT2D eigenvalue weighted by Crippen LogP contribution is -2.56. The lowest BCUT2D eigenvalue weighted by Gasteiger charge is -2.51. The Morgan fingerprint density at radius 1 is 1.21 bits per heavy atom. The smallest absolute Gasteiger partial charge is 0.0852 e. The van der Waals surface area contributed by atoms with Gasteiger partial charge in [-0.3, -0.25) is 0 Å². The largest absolute Gasteiger partial charge is 0.396 e. The summed E-state index contributed by atoms with van der Waals surface area (Å²) in [6.45, 7) is 7.77. The van der Waals surface area contributed by atoms with E-state index in [9.17, 15) is 15.3 Å². The molecule has 3 heteroatoms. The van der Waals surface area contributed by atoms with Crippen molar-refractivity contribution in [3.63, 3.8) is 0 Å².